The van der Waals surface area contributed by atoms with E-state index in [-0.39, 0.29) is 5.69 Å². The first kappa shape index (κ1) is 13.1. The van der Waals surface area contributed by atoms with Crippen LogP contribution >= 0.6 is 11.8 Å². The molecule has 0 aromatic heterocycles. The van der Waals surface area contributed by atoms with Gasteiger partial charge in [-0.1, -0.05) is 11.8 Å². The van der Waals surface area contributed by atoms with E-state index in [1.54, 1.807) is 24.3 Å². The zero-order valence-corrected chi connectivity index (χ0v) is 11.0. The van der Waals surface area contributed by atoms with Crippen molar-refractivity contribution in [3.05, 3.63) is 63.7 Å². The van der Waals surface area contributed by atoms with Crippen LogP contribution in [-0.2, 0) is 0 Å². The third-order valence-electron chi connectivity index (χ3n) is 2.58. The molecule has 0 N–H and O–H groups in total. The molecule has 0 saturated heterocycles. The van der Waals surface area contributed by atoms with Crippen LogP contribution in [0.2, 0.25) is 0 Å². The van der Waals surface area contributed by atoms with Crippen LogP contribution in [0.1, 0.15) is 11.1 Å². The minimum absolute atomic E-state index is 0.0988. The number of nitro groups is 1. The number of nitro benzene ring substituents is 1. The number of aryl methyl sites for hydroxylation is 1. The minimum Gasteiger partial charge on any atom is -0.258 e. The Balaban J connectivity index is 2.23. The van der Waals surface area contributed by atoms with Crippen molar-refractivity contribution in [3.63, 3.8) is 0 Å². The molecule has 0 fully saturated rings. The second kappa shape index (κ2) is 5.55. The lowest BCUT2D eigenvalue weighted by Crippen LogP contribution is -1.89. The van der Waals surface area contributed by atoms with Crippen molar-refractivity contribution in [2.24, 2.45) is 0 Å². The highest BCUT2D eigenvalue weighted by atomic mass is 32.2. The molecule has 0 bridgehead atoms. The summed E-state index contributed by atoms with van der Waals surface area (Å²) in [6, 6.07) is 14.1. The molecular formula is C14H10N2O2S. The summed E-state index contributed by atoms with van der Waals surface area (Å²) < 4.78 is 0. The first-order chi connectivity index (χ1) is 9.10. The molecule has 0 unspecified atom stereocenters. The first-order valence-electron chi connectivity index (χ1n) is 5.53. The first-order valence-corrected chi connectivity index (χ1v) is 6.35. The number of non-ortho nitro benzene ring substituents is 1. The van der Waals surface area contributed by atoms with Gasteiger partial charge in [0.15, 0.2) is 0 Å². The van der Waals surface area contributed by atoms with Gasteiger partial charge in [-0.25, -0.2) is 0 Å². The second-order valence-corrected chi connectivity index (χ2v) is 5.06. The maximum absolute atomic E-state index is 10.7. The highest BCUT2D eigenvalue weighted by Crippen LogP contribution is 2.32. The molecule has 0 aliphatic carbocycles. The molecule has 2 aromatic rings. The lowest BCUT2D eigenvalue weighted by molar-refractivity contribution is -0.385. The molecule has 0 heterocycles. The van der Waals surface area contributed by atoms with Gasteiger partial charge in [0.25, 0.3) is 5.69 Å². The quantitative estimate of drug-likeness (QED) is 0.626. The molecule has 0 aliphatic heterocycles. The topological polar surface area (TPSA) is 66.9 Å². The second-order valence-electron chi connectivity index (χ2n) is 3.95. The Morgan fingerprint density at radius 3 is 2.42 bits per heavy atom. The summed E-state index contributed by atoms with van der Waals surface area (Å²) in [6.07, 6.45) is 0. The number of nitrogens with zero attached hydrogens (tertiary/aromatic N) is 2. The fraction of sp³-hybridized carbons (Fsp3) is 0.0714. The Morgan fingerprint density at radius 2 is 1.89 bits per heavy atom. The monoisotopic (exact) mass is 270 g/mol. The summed E-state index contributed by atoms with van der Waals surface area (Å²) >= 11 is 1.52. The number of hydrogen-bond donors (Lipinski definition) is 0. The van der Waals surface area contributed by atoms with Gasteiger partial charge in [-0.15, -0.1) is 0 Å². The van der Waals surface area contributed by atoms with E-state index < -0.39 is 4.92 Å². The third-order valence-corrected chi connectivity index (χ3v) is 3.77. The standard InChI is InChI=1S/C14H10N2O2S/c1-10-8-12(16(17)18)4-7-14(10)19-13-5-2-11(9-15)3-6-13/h2-8H,1H3. The van der Waals surface area contributed by atoms with Crippen molar-refractivity contribution < 1.29 is 4.92 Å². The largest absolute Gasteiger partial charge is 0.269 e. The average molecular weight is 270 g/mol. The van der Waals surface area contributed by atoms with Crippen molar-refractivity contribution in [3.8, 4) is 6.07 Å². The molecule has 0 aliphatic rings. The van der Waals surface area contributed by atoms with Crippen LogP contribution < -0.4 is 0 Å². The average Bonchev–Trinajstić information content (AvgIpc) is 2.41. The summed E-state index contributed by atoms with van der Waals surface area (Å²) in [7, 11) is 0. The molecule has 4 nitrogen and oxygen atoms in total. The van der Waals surface area contributed by atoms with E-state index in [0.29, 0.717) is 5.56 Å². The maximum atomic E-state index is 10.7. The molecule has 0 atom stereocenters. The number of rotatable bonds is 3. The molecule has 0 amide bonds. The minimum atomic E-state index is -0.400. The molecule has 19 heavy (non-hydrogen) atoms. The van der Waals surface area contributed by atoms with Gasteiger partial charge in [-0.2, -0.15) is 5.26 Å². The van der Waals surface area contributed by atoms with Crippen LogP contribution in [0.5, 0.6) is 0 Å². The van der Waals surface area contributed by atoms with Crippen LogP contribution in [0.4, 0.5) is 5.69 Å². The summed E-state index contributed by atoms with van der Waals surface area (Å²) in [5.74, 6) is 0. The molecule has 0 spiro atoms. The van der Waals surface area contributed by atoms with E-state index in [1.807, 2.05) is 19.1 Å². The number of nitriles is 1. The van der Waals surface area contributed by atoms with Crippen LogP contribution in [0.25, 0.3) is 0 Å². The van der Waals surface area contributed by atoms with Crippen LogP contribution in [0.15, 0.2) is 52.3 Å². The number of hydrogen-bond acceptors (Lipinski definition) is 4. The lowest BCUT2D eigenvalue weighted by atomic mass is 10.2. The van der Waals surface area contributed by atoms with E-state index in [1.165, 1.54) is 17.8 Å². The molecule has 2 aromatic carbocycles. The molecule has 0 radical (unpaired) electrons. The summed E-state index contributed by atoms with van der Waals surface area (Å²) in [4.78, 5) is 12.2. The van der Waals surface area contributed by atoms with Crippen LogP contribution in [0, 0.1) is 28.4 Å². The Hall–Kier alpha value is -2.32. The van der Waals surface area contributed by atoms with Crippen molar-refractivity contribution in [1.82, 2.24) is 0 Å². The molecular weight excluding hydrogens is 260 g/mol. The van der Waals surface area contributed by atoms with Gasteiger partial charge in [-0.3, -0.25) is 10.1 Å². The summed E-state index contributed by atoms with van der Waals surface area (Å²) in [6.45, 7) is 1.85. The number of benzene rings is 2. The highest BCUT2D eigenvalue weighted by Gasteiger charge is 2.08. The maximum Gasteiger partial charge on any atom is 0.269 e. The molecule has 5 heteroatoms. The van der Waals surface area contributed by atoms with E-state index in [0.717, 1.165) is 15.4 Å². The zero-order valence-electron chi connectivity index (χ0n) is 10.2. The van der Waals surface area contributed by atoms with E-state index in [4.69, 9.17) is 5.26 Å². The van der Waals surface area contributed by atoms with Crippen LogP contribution in [-0.4, -0.2) is 4.92 Å². The fourth-order valence-corrected chi connectivity index (χ4v) is 2.47. The summed E-state index contributed by atoms with van der Waals surface area (Å²) in [5.41, 5.74) is 1.58. The normalized spacial score (nSPS) is 9.89. The predicted molar refractivity (Wildman–Crippen MR) is 73.1 cm³/mol. The lowest BCUT2D eigenvalue weighted by Gasteiger charge is -2.05. The smallest absolute Gasteiger partial charge is 0.258 e. The summed E-state index contributed by atoms with van der Waals surface area (Å²) in [5, 5.41) is 19.4. The highest BCUT2D eigenvalue weighted by molar-refractivity contribution is 7.99. The molecule has 0 saturated carbocycles. The van der Waals surface area contributed by atoms with Crippen molar-refractivity contribution in [2.45, 2.75) is 16.7 Å². The van der Waals surface area contributed by atoms with E-state index in [2.05, 4.69) is 6.07 Å². The van der Waals surface area contributed by atoms with Crippen molar-refractivity contribution >= 4 is 17.4 Å². The van der Waals surface area contributed by atoms with Crippen molar-refractivity contribution in [1.29, 1.82) is 5.26 Å². The van der Waals surface area contributed by atoms with Gasteiger partial charge in [-0.05, 0) is 42.8 Å². The van der Waals surface area contributed by atoms with Crippen molar-refractivity contribution in [2.75, 3.05) is 0 Å². The fourth-order valence-electron chi connectivity index (χ4n) is 1.59. The van der Waals surface area contributed by atoms with Gasteiger partial charge >= 0.3 is 0 Å². The SMILES string of the molecule is Cc1cc([N+](=O)[O-])ccc1Sc1ccc(C#N)cc1. The molecule has 2 rings (SSSR count). The Labute approximate surface area is 114 Å². The van der Waals surface area contributed by atoms with Gasteiger partial charge < -0.3 is 0 Å². The van der Waals surface area contributed by atoms with Gasteiger partial charge in [0.2, 0.25) is 0 Å². The predicted octanol–water partition coefficient (Wildman–Crippen LogP) is 3.93. The van der Waals surface area contributed by atoms with E-state index >= 15 is 0 Å². The van der Waals surface area contributed by atoms with Gasteiger partial charge in [0, 0.05) is 21.9 Å². The molecule has 94 valence electrons. The zero-order chi connectivity index (χ0) is 13.8. The Kier molecular flexibility index (Phi) is 3.83. The van der Waals surface area contributed by atoms with Gasteiger partial charge in [0.05, 0.1) is 16.6 Å². The Bertz CT molecular complexity index is 660. The Morgan fingerprint density at radius 1 is 1.21 bits per heavy atom. The third kappa shape index (κ3) is 3.12. The van der Waals surface area contributed by atoms with Crippen LogP contribution in [0.3, 0.4) is 0 Å². The van der Waals surface area contributed by atoms with E-state index in [9.17, 15) is 10.1 Å². The van der Waals surface area contributed by atoms with Gasteiger partial charge in [0.1, 0.15) is 0 Å².